The molecule has 0 aromatic heterocycles. The Morgan fingerprint density at radius 1 is 0.926 bits per heavy atom. The third-order valence-corrected chi connectivity index (χ3v) is 4.79. The van der Waals surface area contributed by atoms with Gasteiger partial charge >= 0.3 is 0 Å². The van der Waals surface area contributed by atoms with E-state index in [-0.39, 0.29) is 11.8 Å². The maximum Gasteiger partial charge on any atom is 0.260 e. The number of hydrogen-bond acceptors (Lipinski definition) is 2. The van der Waals surface area contributed by atoms with E-state index in [1.807, 2.05) is 55.5 Å². The molecule has 136 valence electrons. The summed E-state index contributed by atoms with van der Waals surface area (Å²) in [6, 6.07) is 23.9. The van der Waals surface area contributed by atoms with Crippen molar-refractivity contribution in [1.82, 2.24) is 0 Å². The fourth-order valence-corrected chi connectivity index (χ4v) is 3.34. The van der Waals surface area contributed by atoms with Crippen LogP contribution in [-0.2, 0) is 0 Å². The zero-order valence-electron chi connectivity index (χ0n) is 14.9. The average Bonchev–Trinajstić information content (AvgIpc) is 2.69. The number of halogens is 1. The van der Waals surface area contributed by atoms with Crippen LogP contribution >= 0.6 is 22.6 Å². The van der Waals surface area contributed by atoms with Crippen LogP contribution in [0, 0.1) is 3.57 Å². The Hall–Kier alpha value is -2.67. The molecule has 2 amide bonds. The molecule has 0 fully saturated rings. The highest BCUT2D eigenvalue weighted by atomic mass is 127. The van der Waals surface area contributed by atoms with Gasteiger partial charge in [-0.3, -0.25) is 9.59 Å². The van der Waals surface area contributed by atoms with Crippen molar-refractivity contribution in [3.63, 3.8) is 0 Å². The molecular weight excluding hydrogens is 451 g/mol. The first-order valence-corrected chi connectivity index (χ1v) is 9.71. The summed E-state index contributed by atoms with van der Waals surface area (Å²) in [7, 11) is 0. The molecule has 0 radical (unpaired) electrons. The van der Waals surface area contributed by atoms with E-state index < -0.39 is 0 Å². The predicted octanol–water partition coefficient (Wildman–Crippen LogP) is 5.21. The standard InChI is InChI=1S/C22H19IN2O2/c1-2-25(18-11-4-3-5-12-18)22(27)19-13-6-7-14-20(19)24-21(26)16-9-8-10-17(23)15-16/h3-15H,2H2,1H3,(H,24,26). The first-order valence-electron chi connectivity index (χ1n) is 8.63. The van der Waals surface area contributed by atoms with Crippen LogP contribution in [-0.4, -0.2) is 18.4 Å². The number of nitrogens with one attached hydrogen (secondary N) is 1. The number of para-hydroxylation sites is 2. The molecule has 0 heterocycles. The van der Waals surface area contributed by atoms with Gasteiger partial charge in [0.2, 0.25) is 0 Å². The van der Waals surface area contributed by atoms with Crippen LogP contribution in [0.3, 0.4) is 0 Å². The number of carbonyl (C=O) groups is 2. The Morgan fingerprint density at radius 3 is 2.33 bits per heavy atom. The van der Waals surface area contributed by atoms with Gasteiger partial charge in [0.1, 0.15) is 0 Å². The minimum absolute atomic E-state index is 0.151. The minimum Gasteiger partial charge on any atom is -0.321 e. The molecule has 0 spiro atoms. The van der Waals surface area contributed by atoms with E-state index in [1.54, 1.807) is 35.2 Å². The molecular formula is C22H19IN2O2. The van der Waals surface area contributed by atoms with Gasteiger partial charge in [0, 0.05) is 21.4 Å². The van der Waals surface area contributed by atoms with Crippen molar-refractivity contribution in [3.05, 3.63) is 93.6 Å². The fourth-order valence-electron chi connectivity index (χ4n) is 2.80. The lowest BCUT2D eigenvalue weighted by atomic mass is 10.1. The van der Waals surface area contributed by atoms with E-state index in [2.05, 4.69) is 27.9 Å². The number of nitrogens with zero attached hydrogens (tertiary/aromatic N) is 1. The molecule has 3 rings (SSSR count). The maximum atomic E-state index is 13.1. The number of carbonyl (C=O) groups excluding carboxylic acids is 2. The lowest BCUT2D eigenvalue weighted by Gasteiger charge is -2.22. The van der Waals surface area contributed by atoms with Gasteiger partial charge in [0.15, 0.2) is 0 Å². The first kappa shape index (κ1) is 19.1. The van der Waals surface area contributed by atoms with Gasteiger partial charge in [-0.05, 0) is 72.0 Å². The second-order valence-corrected chi connectivity index (χ2v) is 7.14. The monoisotopic (exact) mass is 470 g/mol. The summed E-state index contributed by atoms with van der Waals surface area (Å²) >= 11 is 2.17. The molecule has 27 heavy (non-hydrogen) atoms. The highest BCUT2D eigenvalue weighted by Crippen LogP contribution is 2.22. The number of hydrogen-bond donors (Lipinski definition) is 1. The summed E-state index contributed by atoms with van der Waals surface area (Å²) in [6.45, 7) is 2.46. The summed E-state index contributed by atoms with van der Waals surface area (Å²) in [5, 5.41) is 2.88. The molecule has 0 unspecified atom stereocenters. The number of anilines is 2. The van der Waals surface area contributed by atoms with Crippen molar-refractivity contribution in [3.8, 4) is 0 Å². The summed E-state index contributed by atoms with van der Waals surface area (Å²) in [6.07, 6.45) is 0. The second kappa shape index (κ2) is 8.81. The molecule has 0 saturated heterocycles. The van der Waals surface area contributed by atoms with Gasteiger partial charge in [0.25, 0.3) is 11.8 Å². The molecule has 3 aromatic carbocycles. The first-order chi connectivity index (χ1) is 13.1. The topological polar surface area (TPSA) is 49.4 Å². The van der Waals surface area contributed by atoms with Crippen LogP contribution in [0.2, 0.25) is 0 Å². The summed E-state index contributed by atoms with van der Waals surface area (Å²) < 4.78 is 0.978. The molecule has 0 bridgehead atoms. The molecule has 1 N–H and O–H groups in total. The smallest absolute Gasteiger partial charge is 0.260 e. The second-order valence-electron chi connectivity index (χ2n) is 5.90. The summed E-state index contributed by atoms with van der Waals surface area (Å²) in [4.78, 5) is 27.4. The van der Waals surface area contributed by atoms with Gasteiger partial charge in [-0.1, -0.05) is 36.4 Å². The van der Waals surface area contributed by atoms with E-state index in [0.29, 0.717) is 23.4 Å². The molecule has 0 aliphatic heterocycles. The Kier molecular flexibility index (Phi) is 6.24. The molecule has 4 nitrogen and oxygen atoms in total. The molecule has 0 saturated carbocycles. The van der Waals surface area contributed by atoms with Crippen LogP contribution in [0.5, 0.6) is 0 Å². The number of amides is 2. The van der Waals surface area contributed by atoms with Crippen LogP contribution in [0.15, 0.2) is 78.9 Å². The molecule has 0 aliphatic carbocycles. The van der Waals surface area contributed by atoms with E-state index >= 15 is 0 Å². The predicted molar refractivity (Wildman–Crippen MR) is 117 cm³/mol. The van der Waals surface area contributed by atoms with Crippen molar-refractivity contribution in [2.75, 3.05) is 16.8 Å². The molecule has 0 aliphatic rings. The maximum absolute atomic E-state index is 13.1. The minimum atomic E-state index is -0.239. The van der Waals surface area contributed by atoms with Crippen LogP contribution in [0.25, 0.3) is 0 Å². The Labute approximate surface area is 172 Å². The van der Waals surface area contributed by atoms with Gasteiger partial charge < -0.3 is 10.2 Å². The zero-order valence-corrected chi connectivity index (χ0v) is 17.0. The van der Waals surface area contributed by atoms with Gasteiger partial charge in [-0.2, -0.15) is 0 Å². The van der Waals surface area contributed by atoms with Crippen LogP contribution < -0.4 is 10.2 Å². The van der Waals surface area contributed by atoms with Crippen molar-refractivity contribution >= 4 is 45.8 Å². The third kappa shape index (κ3) is 4.54. The summed E-state index contributed by atoms with van der Waals surface area (Å²) in [5.41, 5.74) is 2.34. The lowest BCUT2D eigenvalue weighted by molar-refractivity contribution is 0.0989. The lowest BCUT2D eigenvalue weighted by Crippen LogP contribution is -2.31. The number of benzene rings is 3. The molecule has 5 heteroatoms. The van der Waals surface area contributed by atoms with E-state index in [0.717, 1.165) is 9.26 Å². The van der Waals surface area contributed by atoms with Crippen molar-refractivity contribution in [2.45, 2.75) is 6.92 Å². The quantitative estimate of drug-likeness (QED) is 0.521. The van der Waals surface area contributed by atoms with E-state index in [1.165, 1.54) is 0 Å². The van der Waals surface area contributed by atoms with Crippen LogP contribution in [0.1, 0.15) is 27.6 Å². The fraction of sp³-hybridized carbons (Fsp3) is 0.0909. The molecule has 0 atom stereocenters. The average molecular weight is 470 g/mol. The Balaban J connectivity index is 1.89. The number of rotatable bonds is 5. The SMILES string of the molecule is CCN(C(=O)c1ccccc1NC(=O)c1cccc(I)c1)c1ccccc1. The van der Waals surface area contributed by atoms with Gasteiger partial charge in [0.05, 0.1) is 11.3 Å². The largest absolute Gasteiger partial charge is 0.321 e. The van der Waals surface area contributed by atoms with Crippen LogP contribution in [0.4, 0.5) is 11.4 Å². The normalized spacial score (nSPS) is 10.3. The highest BCUT2D eigenvalue weighted by Gasteiger charge is 2.20. The molecule has 3 aromatic rings. The third-order valence-electron chi connectivity index (χ3n) is 4.12. The van der Waals surface area contributed by atoms with E-state index in [4.69, 9.17) is 0 Å². The zero-order chi connectivity index (χ0) is 19.2. The highest BCUT2D eigenvalue weighted by molar-refractivity contribution is 14.1. The van der Waals surface area contributed by atoms with Crippen molar-refractivity contribution < 1.29 is 9.59 Å². The van der Waals surface area contributed by atoms with E-state index in [9.17, 15) is 9.59 Å². The van der Waals surface area contributed by atoms with Gasteiger partial charge in [-0.25, -0.2) is 0 Å². The van der Waals surface area contributed by atoms with Crippen molar-refractivity contribution in [2.24, 2.45) is 0 Å². The van der Waals surface area contributed by atoms with Gasteiger partial charge in [-0.15, -0.1) is 0 Å². The Bertz CT molecular complexity index is 957. The van der Waals surface area contributed by atoms with Crippen molar-refractivity contribution in [1.29, 1.82) is 0 Å². The Morgan fingerprint density at radius 2 is 1.63 bits per heavy atom. The summed E-state index contributed by atoms with van der Waals surface area (Å²) in [5.74, 6) is -0.390.